The molecule has 0 aromatic rings. The first-order valence-corrected chi connectivity index (χ1v) is 3.94. The lowest BCUT2D eigenvalue weighted by Gasteiger charge is -2.12. The normalized spacial score (nSPS) is 12.2. The lowest BCUT2D eigenvalue weighted by Crippen LogP contribution is -2.30. The number of hydrogen-bond acceptors (Lipinski definition) is 2. The van der Waals surface area contributed by atoms with Crippen molar-refractivity contribution in [3.05, 3.63) is 24.3 Å². The second kappa shape index (κ2) is 6.13. The highest BCUT2D eigenvalue weighted by Gasteiger charge is 1.90. The van der Waals surface area contributed by atoms with Crippen molar-refractivity contribution in [1.82, 2.24) is 10.4 Å². The molecule has 0 spiro atoms. The van der Waals surface area contributed by atoms with Crippen LogP contribution in [0.5, 0.6) is 0 Å². The molecule has 0 rings (SSSR count). The first kappa shape index (κ1) is 10.4. The molecule has 0 saturated heterocycles. The van der Waals surface area contributed by atoms with E-state index < -0.39 is 0 Å². The lowest BCUT2D eigenvalue weighted by molar-refractivity contribution is 0.289. The van der Waals surface area contributed by atoms with Crippen LogP contribution in [0.1, 0.15) is 13.3 Å². The molecule has 64 valence electrons. The summed E-state index contributed by atoms with van der Waals surface area (Å²) in [4.78, 5) is 0. The van der Waals surface area contributed by atoms with Gasteiger partial charge in [0, 0.05) is 13.6 Å². The smallest absolute Gasteiger partial charge is 0.0314 e. The molecule has 0 aliphatic heterocycles. The van der Waals surface area contributed by atoms with Crippen LogP contribution in [0.3, 0.4) is 0 Å². The molecule has 2 heteroatoms. The fourth-order valence-electron chi connectivity index (χ4n) is 0.717. The molecule has 0 aliphatic rings. The molecule has 0 amide bonds. The van der Waals surface area contributed by atoms with E-state index >= 15 is 0 Å². The highest BCUT2D eigenvalue weighted by molar-refractivity contribution is 5.15. The van der Waals surface area contributed by atoms with E-state index in [2.05, 4.69) is 25.0 Å². The molecule has 1 N–H and O–H groups in total. The van der Waals surface area contributed by atoms with Gasteiger partial charge in [0.2, 0.25) is 0 Å². The Morgan fingerprint density at radius 2 is 2.27 bits per heavy atom. The van der Waals surface area contributed by atoms with Crippen molar-refractivity contribution >= 4 is 0 Å². The van der Waals surface area contributed by atoms with E-state index in [1.54, 1.807) is 0 Å². The van der Waals surface area contributed by atoms with Crippen molar-refractivity contribution in [3.8, 4) is 0 Å². The largest absolute Gasteiger partial charge is 0.258 e. The zero-order chi connectivity index (χ0) is 8.69. The number of likely N-dealkylation sites (N-methyl/N-ethyl adjacent to an activating group) is 1. The van der Waals surface area contributed by atoms with Crippen LogP contribution in [-0.4, -0.2) is 25.6 Å². The minimum absolute atomic E-state index is 0.922. The highest BCUT2D eigenvalue weighted by atomic mass is 15.5. The van der Waals surface area contributed by atoms with Gasteiger partial charge in [-0.05, 0) is 13.5 Å². The van der Waals surface area contributed by atoms with Gasteiger partial charge in [-0.3, -0.25) is 5.43 Å². The molecule has 0 fully saturated rings. The van der Waals surface area contributed by atoms with Crippen molar-refractivity contribution in [2.45, 2.75) is 13.3 Å². The number of nitrogens with zero attached hydrogens (tertiary/aromatic N) is 1. The Hall–Kier alpha value is -0.600. The van der Waals surface area contributed by atoms with E-state index in [4.69, 9.17) is 0 Å². The molecule has 0 aliphatic carbocycles. The lowest BCUT2D eigenvalue weighted by atomic mass is 10.2. The topological polar surface area (TPSA) is 15.3 Å². The monoisotopic (exact) mass is 154 g/mol. The summed E-state index contributed by atoms with van der Waals surface area (Å²) in [6, 6.07) is 0. The van der Waals surface area contributed by atoms with Crippen molar-refractivity contribution in [3.63, 3.8) is 0 Å². The maximum atomic E-state index is 3.73. The van der Waals surface area contributed by atoms with Crippen LogP contribution >= 0.6 is 0 Å². The third-order valence-corrected chi connectivity index (χ3v) is 1.68. The third-order valence-electron chi connectivity index (χ3n) is 1.68. The summed E-state index contributed by atoms with van der Waals surface area (Å²) >= 11 is 0. The van der Waals surface area contributed by atoms with Gasteiger partial charge in [0.25, 0.3) is 0 Å². The minimum Gasteiger partial charge on any atom is -0.258 e. The number of allylic oxidation sites excluding steroid dienone is 2. The van der Waals surface area contributed by atoms with Gasteiger partial charge < -0.3 is 0 Å². The summed E-state index contributed by atoms with van der Waals surface area (Å²) in [5.41, 5.74) is 4.32. The van der Waals surface area contributed by atoms with Crippen LogP contribution in [0.4, 0.5) is 0 Å². The van der Waals surface area contributed by atoms with Gasteiger partial charge in [0.15, 0.2) is 0 Å². The fourth-order valence-corrected chi connectivity index (χ4v) is 0.717. The number of nitrogens with one attached hydrogen (secondary N) is 1. The second-order valence-electron chi connectivity index (χ2n) is 2.44. The van der Waals surface area contributed by atoms with Crippen molar-refractivity contribution in [2.24, 2.45) is 0 Å². The number of hydrogen-bond donors (Lipinski definition) is 1. The molecular formula is C9H18N2. The third kappa shape index (κ3) is 4.76. The molecule has 0 heterocycles. The maximum absolute atomic E-state index is 3.73. The van der Waals surface area contributed by atoms with Gasteiger partial charge in [-0.25, -0.2) is 5.01 Å². The molecule has 0 radical (unpaired) electrons. The van der Waals surface area contributed by atoms with E-state index in [1.807, 2.05) is 25.2 Å². The van der Waals surface area contributed by atoms with E-state index in [-0.39, 0.29) is 0 Å². The Kier molecular flexibility index (Phi) is 5.80. The standard InChI is InChI=1S/C9H18N2/c1-5-9(6-2)7-8-11(4)10-3/h5,7,10H,1,6,8H2,2-4H3/b9-7+. The van der Waals surface area contributed by atoms with E-state index in [0.717, 1.165) is 13.0 Å². The van der Waals surface area contributed by atoms with Crippen LogP contribution in [0.15, 0.2) is 24.3 Å². The fraction of sp³-hybridized carbons (Fsp3) is 0.556. The molecule has 0 saturated carbocycles. The second-order valence-corrected chi connectivity index (χ2v) is 2.44. The van der Waals surface area contributed by atoms with Crippen LogP contribution in [0, 0.1) is 0 Å². The number of rotatable bonds is 5. The summed E-state index contributed by atoms with van der Waals surface area (Å²) in [6.07, 6.45) is 5.13. The predicted molar refractivity (Wildman–Crippen MR) is 50.3 cm³/mol. The van der Waals surface area contributed by atoms with E-state index in [0.29, 0.717) is 0 Å². The Morgan fingerprint density at radius 1 is 1.64 bits per heavy atom. The molecule has 0 aromatic carbocycles. The highest BCUT2D eigenvalue weighted by Crippen LogP contribution is 2.00. The average molecular weight is 154 g/mol. The molecule has 0 bridgehead atoms. The summed E-state index contributed by atoms with van der Waals surface area (Å²) in [6.45, 7) is 6.78. The summed E-state index contributed by atoms with van der Waals surface area (Å²) in [5, 5.41) is 2.01. The summed E-state index contributed by atoms with van der Waals surface area (Å²) < 4.78 is 0. The summed E-state index contributed by atoms with van der Waals surface area (Å²) in [5.74, 6) is 0. The van der Waals surface area contributed by atoms with Gasteiger partial charge in [-0.2, -0.15) is 0 Å². The SMILES string of the molecule is C=C/C(=C\CN(C)NC)CC. The first-order valence-electron chi connectivity index (χ1n) is 3.94. The van der Waals surface area contributed by atoms with Crippen molar-refractivity contribution < 1.29 is 0 Å². The van der Waals surface area contributed by atoms with Gasteiger partial charge in [-0.15, -0.1) is 0 Å². The molecule has 0 unspecified atom stereocenters. The van der Waals surface area contributed by atoms with Gasteiger partial charge >= 0.3 is 0 Å². The van der Waals surface area contributed by atoms with Crippen LogP contribution in [0.2, 0.25) is 0 Å². The van der Waals surface area contributed by atoms with Crippen molar-refractivity contribution in [2.75, 3.05) is 20.6 Å². The maximum Gasteiger partial charge on any atom is 0.0314 e. The first-order chi connectivity index (χ1) is 5.24. The predicted octanol–water partition coefficient (Wildman–Crippen LogP) is 1.57. The van der Waals surface area contributed by atoms with Gasteiger partial charge in [-0.1, -0.05) is 31.2 Å². The van der Waals surface area contributed by atoms with Gasteiger partial charge in [0.05, 0.1) is 0 Å². The van der Waals surface area contributed by atoms with Crippen LogP contribution in [-0.2, 0) is 0 Å². The quantitative estimate of drug-likeness (QED) is 0.477. The molecular weight excluding hydrogens is 136 g/mol. The van der Waals surface area contributed by atoms with E-state index in [1.165, 1.54) is 5.57 Å². The number of hydrazine groups is 1. The Balaban J connectivity index is 3.77. The van der Waals surface area contributed by atoms with Gasteiger partial charge in [0.1, 0.15) is 0 Å². The zero-order valence-electron chi connectivity index (χ0n) is 7.72. The minimum atomic E-state index is 0.922. The Morgan fingerprint density at radius 3 is 2.64 bits per heavy atom. The Bertz CT molecular complexity index is 138. The Labute approximate surface area is 69.6 Å². The molecule has 0 aromatic heterocycles. The molecule has 2 nitrogen and oxygen atoms in total. The van der Waals surface area contributed by atoms with Crippen molar-refractivity contribution in [1.29, 1.82) is 0 Å². The summed E-state index contributed by atoms with van der Waals surface area (Å²) in [7, 11) is 3.92. The van der Waals surface area contributed by atoms with Crippen LogP contribution < -0.4 is 5.43 Å². The van der Waals surface area contributed by atoms with Crippen LogP contribution in [0.25, 0.3) is 0 Å². The van der Waals surface area contributed by atoms with E-state index in [9.17, 15) is 0 Å². The zero-order valence-corrected chi connectivity index (χ0v) is 7.72. The average Bonchev–Trinajstić information content (AvgIpc) is 2.06. The molecule has 11 heavy (non-hydrogen) atoms. The molecule has 0 atom stereocenters.